The molecular formula is C11H10N2O2. The molecule has 0 aliphatic carbocycles. The molecule has 4 heteroatoms. The SMILES string of the molecule is O=C(O)CNc1cccc2ncccc12. The number of nitrogens with one attached hydrogen (secondary N) is 1. The maximum atomic E-state index is 10.4. The van der Waals surface area contributed by atoms with Crippen LogP contribution in [0.25, 0.3) is 10.9 Å². The summed E-state index contributed by atoms with van der Waals surface area (Å²) in [6, 6.07) is 9.31. The summed E-state index contributed by atoms with van der Waals surface area (Å²) in [5.74, 6) is -0.879. The van der Waals surface area contributed by atoms with Crippen molar-refractivity contribution in [1.82, 2.24) is 4.98 Å². The summed E-state index contributed by atoms with van der Waals surface area (Å²) >= 11 is 0. The molecule has 2 N–H and O–H groups in total. The Morgan fingerprint density at radius 1 is 1.33 bits per heavy atom. The number of fused-ring (bicyclic) bond motifs is 1. The van der Waals surface area contributed by atoms with E-state index in [9.17, 15) is 4.79 Å². The lowest BCUT2D eigenvalue weighted by atomic mass is 10.2. The Morgan fingerprint density at radius 3 is 3.00 bits per heavy atom. The highest BCUT2D eigenvalue weighted by molar-refractivity contribution is 5.92. The summed E-state index contributed by atoms with van der Waals surface area (Å²) in [4.78, 5) is 14.6. The predicted molar refractivity (Wildman–Crippen MR) is 57.9 cm³/mol. The third-order valence-electron chi connectivity index (χ3n) is 2.08. The average molecular weight is 202 g/mol. The quantitative estimate of drug-likeness (QED) is 0.795. The van der Waals surface area contributed by atoms with Gasteiger partial charge in [0.2, 0.25) is 0 Å². The van der Waals surface area contributed by atoms with Gasteiger partial charge in [-0.1, -0.05) is 6.07 Å². The predicted octanol–water partition coefficient (Wildman–Crippen LogP) is 1.73. The maximum Gasteiger partial charge on any atom is 0.322 e. The summed E-state index contributed by atoms with van der Waals surface area (Å²) in [7, 11) is 0. The molecule has 76 valence electrons. The molecule has 4 nitrogen and oxygen atoms in total. The molecule has 0 fully saturated rings. The summed E-state index contributed by atoms with van der Waals surface area (Å²) in [5.41, 5.74) is 1.65. The number of carboxylic acid groups (broad SMARTS) is 1. The molecular weight excluding hydrogens is 192 g/mol. The highest BCUT2D eigenvalue weighted by Gasteiger charge is 2.01. The van der Waals surface area contributed by atoms with Crippen LogP contribution in [0.4, 0.5) is 5.69 Å². The van der Waals surface area contributed by atoms with E-state index in [1.165, 1.54) is 0 Å². The molecule has 0 spiro atoms. The highest BCUT2D eigenvalue weighted by Crippen LogP contribution is 2.20. The van der Waals surface area contributed by atoms with Gasteiger partial charge in [0, 0.05) is 17.3 Å². The lowest BCUT2D eigenvalue weighted by Crippen LogP contribution is -2.12. The van der Waals surface area contributed by atoms with Crippen molar-refractivity contribution in [2.75, 3.05) is 11.9 Å². The van der Waals surface area contributed by atoms with Crippen LogP contribution in [0.2, 0.25) is 0 Å². The molecule has 15 heavy (non-hydrogen) atoms. The molecule has 1 aromatic carbocycles. The van der Waals surface area contributed by atoms with E-state index in [0.717, 1.165) is 16.6 Å². The Labute approximate surface area is 86.6 Å². The Bertz CT molecular complexity index is 491. The number of nitrogens with zero attached hydrogens (tertiary/aromatic N) is 1. The van der Waals surface area contributed by atoms with Crippen molar-refractivity contribution in [3.8, 4) is 0 Å². The number of hydrogen-bond donors (Lipinski definition) is 2. The molecule has 2 rings (SSSR count). The molecule has 0 saturated carbocycles. The van der Waals surface area contributed by atoms with Crippen LogP contribution in [0.15, 0.2) is 36.5 Å². The standard InChI is InChI=1S/C11H10N2O2/c14-11(15)7-13-10-5-1-4-9-8(10)3-2-6-12-9/h1-6,13H,7H2,(H,14,15). The van der Waals surface area contributed by atoms with E-state index in [1.54, 1.807) is 6.20 Å². The number of aliphatic carboxylic acids is 1. The fraction of sp³-hybridized carbons (Fsp3) is 0.0909. The van der Waals surface area contributed by atoms with Crippen molar-refractivity contribution >= 4 is 22.6 Å². The minimum absolute atomic E-state index is 0.0893. The molecule has 0 aliphatic heterocycles. The number of rotatable bonds is 3. The zero-order valence-corrected chi connectivity index (χ0v) is 7.97. The molecule has 2 aromatic rings. The second-order valence-corrected chi connectivity index (χ2v) is 3.12. The van der Waals surface area contributed by atoms with E-state index in [0.29, 0.717) is 0 Å². The Balaban J connectivity index is 2.38. The Kier molecular flexibility index (Phi) is 2.49. The number of benzene rings is 1. The van der Waals surface area contributed by atoms with Gasteiger partial charge in [0.25, 0.3) is 0 Å². The first-order chi connectivity index (χ1) is 7.27. The van der Waals surface area contributed by atoms with Crippen LogP contribution in [0, 0.1) is 0 Å². The molecule has 0 radical (unpaired) electrons. The van der Waals surface area contributed by atoms with Gasteiger partial charge in [-0.15, -0.1) is 0 Å². The van der Waals surface area contributed by atoms with Crippen LogP contribution >= 0.6 is 0 Å². The number of anilines is 1. The van der Waals surface area contributed by atoms with Crippen LogP contribution in [0.3, 0.4) is 0 Å². The van der Waals surface area contributed by atoms with Gasteiger partial charge in [0.15, 0.2) is 0 Å². The summed E-state index contributed by atoms with van der Waals surface area (Å²) in [6.07, 6.45) is 1.71. The topological polar surface area (TPSA) is 62.2 Å². The van der Waals surface area contributed by atoms with Gasteiger partial charge in [-0.2, -0.15) is 0 Å². The molecule has 0 saturated heterocycles. The van der Waals surface area contributed by atoms with Gasteiger partial charge in [-0.25, -0.2) is 0 Å². The van der Waals surface area contributed by atoms with E-state index < -0.39 is 5.97 Å². The lowest BCUT2D eigenvalue weighted by Gasteiger charge is -2.06. The number of aromatic nitrogens is 1. The first-order valence-electron chi connectivity index (χ1n) is 4.57. The minimum atomic E-state index is -0.879. The summed E-state index contributed by atoms with van der Waals surface area (Å²) in [6.45, 7) is -0.0893. The van der Waals surface area contributed by atoms with Crippen LogP contribution in [0.5, 0.6) is 0 Å². The maximum absolute atomic E-state index is 10.4. The van der Waals surface area contributed by atoms with Crippen LogP contribution < -0.4 is 5.32 Å². The van der Waals surface area contributed by atoms with Crippen molar-refractivity contribution in [3.05, 3.63) is 36.5 Å². The van der Waals surface area contributed by atoms with Gasteiger partial charge in [-0.3, -0.25) is 9.78 Å². The number of carboxylic acids is 1. The molecule has 1 heterocycles. The van der Waals surface area contributed by atoms with Gasteiger partial charge < -0.3 is 10.4 Å². The smallest absolute Gasteiger partial charge is 0.322 e. The van der Waals surface area contributed by atoms with E-state index in [2.05, 4.69) is 10.3 Å². The number of pyridine rings is 1. The third-order valence-corrected chi connectivity index (χ3v) is 2.08. The van der Waals surface area contributed by atoms with Crippen LogP contribution in [-0.2, 0) is 4.79 Å². The number of carbonyl (C=O) groups is 1. The van der Waals surface area contributed by atoms with Crippen molar-refractivity contribution < 1.29 is 9.90 Å². The largest absolute Gasteiger partial charge is 0.480 e. The fourth-order valence-corrected chi connectivity index (χ4v) is 1.43. The Morgan fingerprint density at radius 2 is 2.20 bits per heavy atom. The molecule has 0 atom stereocenters. The van der Waals surface area contributed by atoms with Gasteiger partial charge >= 0.3 is 5.97 Å². The summed E-state index contributed by atoms with van der Waals surface area (Å²) < 4.78 is 0. The zero-order valence-electron chi connectivity index (χ0n) is 7.97. The fourth-order valence-electron chi connectivity index (χ4n) is 1.43. The van der Waals surface area contributed by atoms with Gasteiger partial charge in [0.05, 0.1) is 5.52 Å². The van der Waals surface area contributed by atoms with Crippen LogP contribution in [0.1, 0.15) is 0 Å². The summed E-state index contributed by atoms with van der Waals surface area (Å²) in [5, 5.41) is 12.3. The van der Waals surface area contributed by atoms with E-state index >= 15 is 0 Å². The second-order valence-electron chi connectivity index (χ2n) is 3.12. The van der Waals surface area contributed by atoms with Gasteiger partial charge in [-0.05, 0) is 24.3 Å². The Hall–Kier alpha value is -2.10. The normalized spacial score (nSPS) is 10.1. The van der Waals surface area contributed by atoms with E-state index in [-0.39, 0.29) is 6.54 Å². The number of hydrogen-bond acceptors (Lipinski definition) is 3. The van der Waals surface area contributed by atoms with Crippen molar-refractivity contribution in [1.29, 1.82) is 0 Å². The lowest BCUT2D eigenvalue weighted by molar-refractivity contribution is -0.134. The first-order valence-corrected chi connectivity index (χ1v) is 4.57. The first kappa shape index (κ1) is 9.45. The molecule has 0 bridgehead atoms. The van der Waals surface area contributed by atoms with Crippen LogP contribution in [-0.4, -0.2) is 22.6 Å². The monoisotopic (exact) mass is 202 g/mol. The highest BCUT2D eigenvalue weighted by atomic mass is 16.4. The molecule has 0 aliphatic rings. The minimum Gasteiger partial charge on any atom is -0.480 e. The third kappa shape index (κ3) is 2.04. The van der Waals surface area contributed by atoms with Crippen molar-refractivity contribution in [2.24, 2.45) is 0 Å². The van der Waals surface area contributed by atoms with E-state index in [4.69, 9.17) is 5.11 Å². The van der Waals surface area contributed by atoms with E-state index in [1.807, 2.05) is 30.3 Å². The second kappa shape index (κ2) is 3.96. The molecule has 0 amide bonds. The zero-order chi connectivity index (χ0) is 10.7. The van der Waals surface area contributed by atoms with Crippen molar-refractivity contribution in [2.45, 2.75) is 0 Å². The van der Waals surface area contributed by atoms with Gasteiger partial charge in [0.1, 0.15) is 6.54 Å². The molecule has 0 unspecified atom stereocenters. The average Bonchev–Trinajstić information content (AvgIpc) is 2.26. The van der Waals surface area contributed by atoms with Crippen molar-refractivity contribution in [3.63, 3.8) is 0 Å². The molecule has 1 aromatic heterocycles.